The molecule has 1 aromatic carbocycles. The number of nitro groups is 1. The van der Waals surface area contributed by atoms with Gasteiger partial charge in [-0.15, -0.1) is 0 Å². The monoisotopic (exact) mass is 177 g/mol. The molecule has 0 aromatic heterocycles. The molecule has 2 unspecified atom stereocenters. The third-order valence-corrected chi connectivity index (χ3v) is 2.53. The molecule has 68 valence electrons. The van der Waals surface area contributed by atoms with Gasteiger partial charge in [0.2, 0.25) is 6.04 Å². The lowest BCUT2D eigenvalue weighted by atomic mass is 10.1. The van der Waals surface area contributed by atoms with Gasteiger partial charge in [-0.1, -0.05) is 29.8 Å². The Hall–Kier alpha value is -1.38. The summed E-state index contributed by atoms with van der Waals surface area (Å²) in [6, 6.07) is 7.66. The van der Waals surface area contributed by atoms with Crippen LogP contribution in [0.3, 0.4) is 0 Å². The topological polar surface area (TPSA) is 43.1 Å². The summed E-state index contributed by atoms with van der Waals surface area (Å²) in [7, 11) is 0. The molecule has 0 aliphatic heterocycles. The Kier molecular flexibility index (Phi) is 1.79. The second-order valence-corrected chi connectivity index (χ2v) is 3.61. The summed E-state index contributed by atoms with van der Waals surface area (Å²) in [5.41, 5.74) is 2.30. The lowest BCUT2D eigenvalue weighted by Crippen LogP contribution is -2.02. The molecule has 0 spiro atoms. The van der Waals surface area contributed by atoms with E-state index >= 15 is 0 Å². The maximum atomic E-state index is 10.4. The minimum Gasteiger partial charge on any atom is -0.264 e. The first-order valence-corrected chi connectivity index (χ1v) is 4.38. The van der Waals surface area contributed by atoms with Crippen molar-refractivity contribution < 1.29 is 4.92 Å². The molecule has 1 saturated carbocycles. The summed E-state index contributed by atoms with van der Waals surface area (Å²) in [6.45, 7) is 2.02. The lowest BCUT2D eigenvalue weighted by molar-refractivity contribution is -0.496. The Morgan fingerprint density at radius 3 is 2.46 bits per heavy atom. The summed E-state index contributed by atoms with van der Waals surface area (Å²) in [5, 5.41) is 10.4. The Morgan fingerprint density at radius 1 is 1.38 bits per heavy atom. The van der Waals surface area contributed by atoms with E-state index in [4.69, 9.17) is 0 Å². The van der Waals surface area contributed by atoms with Crippen LogP contribution in [0, 0.1) is 17.0 Å². The third kappa shape index (κ3) is 1.54. The predicted octanol–water partition coefficient (Wildman–Crippen LogP) is 2.13. The van der Waals surface area contributed by atoms with Gasteiger partial charge in [-0.2, -0.15) is 0 Å². The number of aryl methyl sites for hydroxylation is 1. The van der Waals surface area contributed by atoms with Crippen molar-refractivity contribution in [1.29, 1.82) is 0 Å². The van der Waals surface area contributed by atoms with Crippen LogP contribution in [0.2, 0.25) is 0 Å². The van der Waals surface area contributed by atoms with Crippen LogP contribution in [0.5, 0.6) is 0 Å². The Balaban J connectivity index is 2.12. The van der Waals surface area contributed by atoms with E-state index in [9.17, 15) is 10.1 Å². The molecule has 0 heterocycles. The summed E-state index contributed by atoms with van der Waals surface area (Å²) in [6.07, 6.45) is 0.704. The normalized spacial score (nSPS) is 25.6. The van der Waals surface area contributed by atoms with Crippen LogP contribution in [0.15, 0.2) is 24.3 Å². The molecule has 0 bridgehead atoms. The highest BCUT2D eigenvalue weighted by molar-refractivity contribution is 5.29. The summed E-state index contributed by atoms with van der Waals surface area (Å²) >= 11 is 0. The number of nitrogens with zero attached hydrogens (tertiary/aromatic N) is 1. The average Bonchev–Trinajstić information content (AvgIpc) is 2.85. The van der Waals surface area contributed by atoms with E-state index in [-0.39, 0.29) is 16.9 Å². The van der Waals surface area contributed by atoms with Crippen LogP contribution >= 0.6 is 0 Å². The van der Waals surface area contributed by atoms with E-state index in [2.05, 4.69) is 0 Å². The molecule has 0 saturated heterocycles. The molecule has 3 heteroatoms. The molecule has 1 fully saturated rings. The molecule has 2 atom stereocenters. The predicted molar refractivity (Wildman–Crippen MR) is 49.3 cm³/mol. The van der Waals surface area contributed by atoms with Gasteiger partial charge in [0.05, 0.1) is 5.92 Å². The highest BCUT2D eigenvalue weighted by Crippen LogP contribution is 2.42. The van der Waals surface area contributed by atoms with E-state index in [1.165, 1.54) is 5.56 Å². The highest BCUT2D eigenvalue weighted by Gasteiger charge is 2.48. The highest BCUT2D eigenvalue weighted by atomic mass is 16.6. The van der Waals surface area contributed by atoms with Crippen molar-refractivity contribution in [2.24, 2.45) is 0 Å². The van der Waals surface area contributed by atoms with Crippen molar-refractivity contribution in [3.63, 3.8) is 0 Å². The van der Waals surface area contributed by atoms with Crippen LogP contribution in [-0.2, 0) is 0 Å². The smallest absolute Gasteiger partial charge is 0.221 e. The Labute approximate surface area is 76.5 Å². The zero-order valence-electron chi connectivity index (χ0n) is 7.43. The van der Waals surface area contributed by atoms with Crippen LogP contribution in [-0.4, -0.2) is 11.0 Å². The van der Waals surface area contributed by atoms with Gasteiger partial charge in [0.25, 0.3) is 0 Å². The van der Waals surface area contributed by atoms with E-state index in [0.717, 1.165) is 5.56 Å². The largest absolute Gasteiger partial charge is 0.264 e. The van der Waals surface area contributed by atoms with Gasteiger partial charge in [0.1, 0.15) is 0 Å². The molecule has 3 nitrogen and oxygen atoms in total. The maximum absolute atomic E-state index is 10.4. The molecule has 1 aromatic rings. The molecule has 0 amide bonds. The van der Waals surface area contributed by atoms with Crippen molar-refractivity contribution in [3.05, 3.63) is 45.5 Å². The second-order valence-electron chi connectivity index (χ2n) is 3.61. The van der Waals surface area contributed by atoms with E-state index in [1.54, 1.807) is 0 Å². The van der Waals surface area contributed by atoms with Crippen LogP contribution in [0.4, 0.5) is 0 Å². The van der Waals surface area contributed by atoms with Gasteiger partial charge in [-0.3, -0.25) is 10.1 Å². The number of hydrogen-bond acceptors (Lipinski definition) is 2. The van der Waals surface area contributed by atoms with Crippen molar-refractivity contribution in [2.45, 2.75) is 25.3 Å². The van der Waals surface area contributed by atoms with Gasteiger partial charge in [-0.05, 0) is 12.5 Å². The zero-order valence-corrected chi connectivity index (χ0v) is 7.43. The minimum atomic E-state index is -0.331. The SMILES string of the molecule is Cc1ccc(C2CC2[N+](=O)[O-])cc1. The van der Waals surface area contributed by atoms with Gasteiger partial charge in [0.15, 0.2) is 0 Å². The molecule has 1 aliphatic rings. The Morgan fingerprint density at radius 2 is 2.00 bits per heavy atom. The number of rotatable bonds is 2. The fourth-order valence-electron chi connectivity index (χ4n) is 1.59. The van der Waals surface area contributed by atoms with Crippen LogP contribution in [0.1, 0.15) is 23.5 Å². The molecule has 2 rings (SSSR count). The molecule has 1 aliphatic carbocycles. The quantitative estimate of drug-likeness (QED) is 0.513. The minimum absolute atomic E-state index is 0.163. The first kappa shape index (κ1) is 8.23. The molecular formula is C10H11NO2. The van der Waals surface area contributed by atoms with Gasteiger partial charge in [-0.25, -0.2) is 0 Å². The lowest BCUT2D eigenvalue weighted by Gasteiger charge is -1.97. The molecule has 0 N–H and O–H groups in total. The van der Waals surface area contributed by atoms with Crippen molar-refractivity contribution in [3.8, 4) is 0 Å². The van der Waals surface area contributed by atoms with Crippen molar-refractivity contribution in [1.82, 2.24) is 0 Å². The molecular weight excluding hydrogens is 166 g/mol. The van der Waals surface area contributed by atoms with E-state index < -0.39 is 0 Å². The fourth-order valence-corrected chi connectivity index (χ4v) is 1.59. The first-order valence-electron chi connectivity index (χ1n) is 4.38. The average molecular weight is 177 g/mol. The van der Waals surface area contributed by atoms with E-state index in [0.29, 0.717) is 6.42 Å². The van der Waals surface area contributed by atoms with Crippen molar-refractivity contribution >= 4 is 0 Å². The van der Waals surface area contributed by atoms with Crippen LogP contribution in [0.25, 0.3) is 0 Å². The summed E-state index contributed by atoms with van der Waals surface area (Å²) in [5.74, 6) is 0.163. The van der Waals surface area contributed by atoms with Crippen molar-refractivity contribution in [2.75, 3.05) is 0 Å². The van der Waals surface area contributed by atoms with Crippen LogP contribution < -0.4 is 0 Å². The Bertz CT molecular complexity index is 331. The summed E-state index contributed by atoms with van der Waals surface area (Å²) < 4.78 is 0. The van der Waals surface area contributed by atoms with E-state index in [1.807, 2.05) is 31.2 Å². The van der Waals surface area contributed by atoms with Gasteiger partial charge >= 0.3 is 0 Å². The molecule has 0 radical (unpaired) electrons. The zero-order chi connectivity index (χ0) is 9.42. The standard InChI is InChI=1S/C10H11NO2/c1-7-2-4-8(5-3-7)9-6-10(9)11(12)13/h2-5,9-10H,6H2,1H3. The third-order valence-electron chi connectivity index (χ3n) is 2.53. The number of benzene rings is 1. The maximum Gasteiger partial charge on any atom is 0.221 e. The van der Waals surface area contributed by atoms with Gasteiger partial charge < -0.3 is 0 Å². The fraction of sp³-hybridized carbons (Fsp3) is 0.400. The molecule has 13 heavy (non-hydrogen) atoms. The first-order chi connectivity index (χ1) is 6.18. The van der Waals surface area contributed by atoms with Gasteiger partial charge in [0, 0.05) is 11.3 Å². The summed E-state index contributed by atoms with van der Waals surface area (Å²) in [4.78, 5) is 10.2. The number of hydrogen-bond donors (Lipinski definition) is 0. The second kappa shape index (κ2) is 2.83.